The number of likely N-dealkylation sites (tertiary alicyclic amines) is 1. The second-order valence-corrected chi connectivity index (χ2v) is 2.71. The molecule has 0 spiro atoms. The van der Waals surface area contributed by atoms with Crippen molar-refractivity contribution in [2.75, 3.05) is 13.6 Å². The van der Waals surface area contributed by atoms with Crippen LogP contribution in [0.4, 0.5) is 0 Å². The van der Waals surface area contributed by atoms with Gasteiger partial charge in [-0.2, -0.15) is 0 Å². The summed E-state index contributed by atoms with van der Waals surface area (Å²) >= 11 is 0. The van der Waals surface area contributed by atoms with Crippen LogP contribution in [0.5, 0.6) is 0 Å². The lowest BCUT2D eigenvalue weighted by molar-refractivity contribution is 0.343. The molecule has 1 unspecified atom stereocenters. The zero-order chi connectivity index (χ0) is 6.85. The molecule has 0 radical (unpaired) electrons. The van der Waals surface area contributed by atoms with E-state index in [1.165, 1.54) is 19.4 Å². The minimum Gasteiger partial charge on any atom is -0.401 e. The predicted octanol–water partition coefficient (Wildman–Crippen LogP) is 0.553. The number of nitrogens with zero attached hydrogens (tertiary/aromatic N) is 1. The van der Waals surface area contributed by atoms with Crippen LogP contribution in [0.3, 0.4) is 0 Å². The van der Waals surface area contributed by atoms with Crippen LogP contribution in [0.2, 0.25) is 0 Å². The van der Waals surface area contributed by atoms with Crippen molar-refractivity contribution < 1.29 is 0 Å². The van der Waals surface area contributed by atoms with E-state index in [4.69, 9.17) is 5.73 Å². The van der Waals surface area contributed by atoms with Crippen LogP contribution in [0.15, 0.2) is 12.3 Å². The summed E-state index contributed by atoms with van der Waals surface area (Å²) in [4.78, 5) is 2.25. The van der Waals surface area contributed by atoms with E-state index >= 15 is 0 Å². The van der Waals surface area contributed by atoms with Crippen molar-refractivity contribution in [1.29, 1.82) is 0 Å². The van der Waals surface area contributed by atoms with Crippen LogP contribution in [-0.2, 0) is 0 Å². The number of hydrogen-bond acceptors (Lipinski definition) is 2. The smallest absolute Gasteiger partial charge is 0.0484 e. The van der Waals surface area contributed by atoms with E-state index in [2.05, 4.69) is 18.5 Å². The molecule has 0 aromatic heterocycles. The van der Waals surface area contributed by atoms with E-state index < -0.39 is 0 Å². The maximum absolute atomic E-state index is 5.55. The molecule has 0 saturated carbocycles. The van der Waals surface area contributed by atoms with Crippen molar-refractivity contribution >= 4 is 0 Å². The topological polar surface area (TPSA) is 29.3 Å². The normalized spacial score (nSPS) is 28.8. The summed E-state index contributed by atoms with van der Waals surface area (Å²) in [5.41, 5.74) is 6.37. The van der Waals surface area contributed by atoms with Crippen molar-refractivity contribution in [2.24, 2.45) is 5.73 Å². The molecular formula is C7H14N2. The fourth-order valence-corrected chi connectivity index (χ4v) is 1.38. The summed E-state index contributed by atoms with van der Waals surface area (Å²) < 4.78 is 0. The first kappa shape index (κ1) is 6.62. The molecule has 0 bridgehead atoms. The lowest BCUT2D eigenvalue weighted by Gasteiger charge is -2.18. The molecule has 0 aromatic carbocycles. The highest BCUT2D eigenvalue weighted by atomic mass is 15.2. The zero-order valence-electron chi connectivity index (χ0n) is 5.93. The Balaban J connectivity index is 2.49. The number of rotatable bonds is 1. The zero-order valence-corrected chi connectivity index (χ0v) is 5.93. The highest BCUT2D eigenvalue weighted by Gasteiger charge is 2.21. The quantitative estimate of drug-likeness (QED) is 0.556. The van der Waals surface area contributed by atoms with Crippen LogP contribution in [0.1, 0.15) is 12.8 Å². The summed E-state index contributed by atoms with van der Waals surface area (Å²) in [5, 5.41) is 0. The molecule has 1 aliphatic heterocycles. The third-order valence-corrected chi connectivity index (χ3v) is 1.95. The van der Waals surface area contributed by atoms with Gasteiger partial charge in [-0.1, -0.05) is 6.58 Å². The van der Waals surface area contributed by atoms with E-state index in [1.807, 2.05) is 0 Å². The van der Waals surface area contributed by atoms with Crippen LogP contribution < -0.4 is 5.73 Å². The molecule has 0 aliphatic carbocycles. The monoisotopic (exact) mass is 126 g/mol. The molecule has 0 amide bonds. The number of likely N-dealkylation sites (N-methyl/N-ethyl adjacent to an activating group) is 1. The maximum Gasteiger partial charge on any atom is 0.0484 e. The number of hydrogen-bond donors (Lipinski definition) is 1. The standard InChI is InChI=1S/C7H14N2/c1-6(8)7-4-3-5-9(7)2/h7H,1,3-5,8H2,2H3. The lowest BCUT2D eigenvalue weighted by Crippen LogP contribution is -2.29. The van der Waals surface area contributed by atoms with Gasteiger partial charge in [-0.05, 0) is 26.4 Å². The first-order chi connectivity index (χ1) is 4.22. The van der Waals surface area contributed by atoms with Crippen molar-refractivity contribution in [3.63, 3.8) is 0 Å². The van der Waals surface area contributed by atoms with Gasteiger partial charge in [0, 0.05) is 11.7 Å². The number of nitrogens with two attached hydrogens (primary N) is 1. The Kier molecular flexibility index (Phi) is 1.76. The Bertz CT molecular complexity index is 120. The van der Waals surface area contributed by atoms with Crippen molar-refractivity contribution in [1.82, 2.24) is 4.90 Å². The molecule has 1 fully saturated rings. The van der Waals surface area contributed by atoms with Gasteiger partial charge in [0.2, 0.25) is 0 Å². The second-order valence-electron chi connectivity index (χ2n) is 2.71. The second kappa shape index (κ2) is 2.40. The Labute approximate surface area is 56.3 Å². The van der Waals surface area contributed by atoms with Gasteiger partial charge in [0.05, 0.1) is 0 Å². The molecular weight excluding hydrogens is 112 g/mol. The minimum absolute atomic E-state index is 0.449. The van der Waals surface area contributed by atoms with Crippen molar-refractivity contribution in [3.05, 3.63) is 12.3 Å². The Morgan fingerprint density at radius 2 is 2.44 bits per heavy atom. The molecule has 1 aliphatic rings. The van der Waals surface area contributed by atoms with E-state index in [1.54, 1.807) is 0 Å². The average Bonchev–Trinajstić information content (AvgIpc) is 2.13. The molecule has 1 heterocycles. The van der Waals surface area contributed by atoms with Gasteiger partial charge in [0.15, 0.2) is 0 Å². The van der Waals surface area contributed by atoms with Crippen LogP contribution in [0, 0.1) is 0 Å². The summed E-state index contributed by atoms with van der Waals surface area (Å²) in [6.45, 7) is 4.89. The highest BCUT2D eigenvalue weighted by molar-refractivity contribution is 5.02. The van der Waals surface area contributed by atoms with Gasteiger partial charge in [-0.25, -0.2) is 0 Å². The van der Waals surface area contributed by atoms with E-state index in [9.17, 15) is 0 Å². The van der Waals surface area contributed by atoms with Crippen LogP contribution in [0.25, 0.3) is 0 Å². The van der Waals surface area contributed by atoms with E-state index in [-0.39, 0.29) is 0 Å². The van der Waals surface area contributed by atoms with Gasteiger partial charge < -0.3 is 5.73 Å². The van der Waals surface area contributed by atoms with Gasteiger partial charge in [0.25, 0.3) is 0 Å². The van der Waals surface area contributed by atoms with E-state index in [0.717, 1.165) is 5.70 Å². The predicted molar refractivity (Wildman–Crippen MR) is 39.0 cm³/mol. The fourth-order valence-electron chi connectivity index (χ4n) is 1.38. The van der Waals surface area contributed by atoms with Crippen molar-refractivity contribution in [3.8, 4) is 0 Å². The Morgan fingerprint density at radius 1 is 1.78 bits per heavy atom. The molecule has 1 saturated heterocycles. The lowest BCUT2D eigenvalue weighted by atomic mass is 10.2. The summed E-state index contributed by atoms with van der Waals surface area (Å²) in [6.07, 6.45) is 2.45. The fraction of sp³-hybridized carbons (Fsp3) is 0.714. The van der Waals surface area contributed by atoms with Gasteiger partial charge in [0.1, 0.15) is 0 Å². The molecule has 2 N–H and O–H groups in total. The third-order valence-electron chi connectivity index (χ3n) is 1.95. The molecule has 9 heavy (non-hydrogen) atoms. The SMILES string of the molecule is C=C(N)C1CCCN1C. The minimum atomic E-state index is 0.449. The molecule has 0 aromatic rings. The van der Waals surface area contributed by atoms with Gasteiger partial charge in [-0.3, -0.25) is 4.90 Å². The van der Waals surface area contributed by atoms with Gasteiger partial charge >= 0.3 is 0 Å². The van der Waals surface area contributed by atoms with Crippen LogP contribution >= 0.6 is 0 Å². The van der Waals surface area contributed by atoms with Gasteiger partial charge in [-0.15, -0.1) is 0 Å². The Morgan fingerprint density at radius 3 is 2.67 bits per heavy atom. The molecule has 1 rings (SSSR count). The molecule has 2 nitrogen and oxygen atoms in total. The molecule has 2 heteroatoms. The first-order valence-electron chi connectivity index (χ1n) is 3.36. The third kappa shape index (κ3) is 1.24. The summed E-state index contributed by atoms with van der Waals surface area (Å²) in [7, 11) is 2.09. The maximum atomic E-state index is 5.55. The first-order valence-corrected chi connectivity index (χ1v) is 3.36. The Hall–Kier alpha value is -0.500. The highest BCUT2D eigenvalue weighted by Crippen LogP contribution is 2.17. The van der Waals surface area contributed by atoms with Crippen molar-refractivity contribution in [2.45, 2.75) is 18.9 Å². The molecule has 52 valence electrons. The summed E-state index contributed by atoms with van der Waals surface area (Å²) in [6, 6.07) is 0.449. The van der Waals surface area contributed by atoms with Crippen LogP contribution in [-0.4, -0.2) is 24.5 Å². The molecule has 1 atom stereocenters. The van der Waals surface area contributed by atoms with E-state index in [0.29, 0.717) is 6.04 Å². The summed E-state index contributed by atoms with van der Waals surface area (Å²) in [5.74, 6) is 0. The largest absolute Gasteiger partial charge is 0.401 e. The average molecular weight is 126 g/mol.